The zero-order valence-corrected chi connectivity index (χ0v) is 11.1. The lowest BCUT2D eigenvalue weighted by atomic mass is 9.80. The summed E-state index contributed by atoms with van der Waals surface area (Å²) in [4.78, 5) is 11.6. The van der Waals surface area contributed by atoms with Crippen LogP contribution >= 0.6 is 0 Å². The van der Waals surface area contributed by atoms with Crippen LogP contribution in [0.4, 0.5) is 0 Å². The first-order chi connectivity index (χ1) is 8.76. The minimum absolute atomic E-state index is 0.0989. The first kappa shape index (κ1) is 12.9. The van der Waals surface area contributed by atoms with E-state index in [0.717, 1.165) is 25.0 Å². The quantitative estimate of drug-likeness (QED) is 0.768. The van der Waals surface area contributed by atoms with Crippen molar-refractivity contribution in [2.45, 2.75) is 38.5 Å². The average Bonchev–Trinajstić information content (AvgIpc) is 2.38. The molecule has 2 rings (SSSR count). The molecule has 0 aromatic heterocycles. The van der Waals surface area contributed by atoms with Crippen molar-refractivity contribution in [3.05, 3.63) is 29.3 Å². The van der Waals surface area contributed by atoms with E-state index in [0.29, 0.717) is 13.0 Å². The van der Waals surface area contributed by atoms with Crippen molar-refractivity contribution < 1.29 is 14.3 Å². The minimum atomic E-state index is -0.0989. The van der Waals surface area contributed by atoms with Crippen LogP contribution in [0.3, 0.4) is 0 Å². The third-order valence-electron chi connectivity index (χ3n) is 3.53. The Morgan fingerprint density at radius 1 is 1.44 bits per heavy atom. The van der Waals surface area contributed by atoms with Crippen molar-refractivity contribution in [3.8, 4) is 5.75 Å². The van der Waals surface area contributed by atoms with Gasteiger partial charge in [-0.2, -0.15) is 0 Å². The first-order valence-corrected chi connectivity index (χ1v) is 6.57. The van der Waals surface area contributed by atoms with Crippen LogP contribution in [0.15, 0.2) is 18.2 Å². The highest BCUT2D eigenvalue weighted by Crippen LogP contribution is 2.38. The summed E-state index contributed by atoms with van der Waals surface area (Å²) in [6.07, 6.45) is 3.68. The molecule has 0 saturated heterocycles. The van der Waals surface area contributed by atoms with E-state index in [-0.39, 0.29) is 11.9 Å². The van der Waals surface area contributed by atoms with Gasteiger partial charge in [-0.25, -0.2) is 0 Å². The third-order valence-corrected chi connectivity index (χ3v) is 3.53. The summed E-state index contributed by atoms with van der Waals surface area (Å²) in [6.45, 7) is 2.30. The molecular weight excluding hydrogens is 228 g/mol. The van der Waals surface area contributed by atoms with E-state index in [9.17, 15) is 4.79 Å². The second kappa shape index (κ2) is 5.89. The maximum absolute atomic E-state index is 11.6. The minimum Gasteiger partial charge on any atom is -0.496 e. The predicted octanol–water partition coefficient (Wildman–Crippen LogP) is 3.07. The molecule has 0 spiro atoms. The van der Waals surface area contributed by atoms with Crippen molar-refractivity contribution in [1.82, 2.24) is 0 Å². The largest absolute Gasteiger partial charge is 0.496 e. The van der Waals surface area contributed by atoms with Crippen LogP contribution in [0.5, 0.6) is 5.75 Å². The molecule has 98 valence electrons. The predicted molar refractivity (Wildman–Crippen MR) is 69.9 cm³/mol. The molecule has 18 heavy (non-hydrogen) atoms. The molecule has 3 heteroatoms. The third kappa shape index (κ3) is 2.66. The standard InChI is InChI=1S/C15H20O3/c1-3-18-15(16)10-11-6-4-8-13-12(11)7-5-9-14(13)17-2/h5,7,9,11H,3-4,6,8,10H2,1-2H3. The van der Waals surface area contributed by atoms with Crippen LogP contribution in [-0.2, 0) is 16.0 Å². The van der Waals surface area contributed by atoms with E-state index in [1.165, 1.54) is 11.1 Å². The van der Waals surface area contributed by atoms with Gasteiger partial charge in [-0.05, 0) is 49.3 Å². The van der Waals surface area contributed by atoms with Crippen molar-refractivity contribution in [2.24, 2.45) is 0 Å². The van der Waals surface area contributed by atoms with Crippen LogP contribution in [0.2, 0.25) is 0 Å². The number of benzene rings is 1. The molecule has 1 unspecified atom stereocenters. The Balaban J connectivity index is 2.20. The number of rotatable bonds is 4. The second-order valence-electron chi connectivity index (χ2n) is 4.63. The van der Waals surface area contributed by atoms with Gasteiger partial charge >= 0.3 is 5.97 Å². The van der Waals surface area contributed by atoms with E-state index in [4.69, 9.17) is 9.47 Å². The summed E-state index contributed by atoms with van der Waals surface area (Å²) < 4.78 is 10.4. The number of carbonyl (C=O) groups is 1. The molecular formula is C15H20O3. The van der Waals surface area contributed by atoms with Gasteiger partial charge in [0.05, 0.1) is 20.1 Å². The molecule has 0 bridgehead atoms. The van der Waals surface area contributed by atoms with Crippen molar-refractivity contribution in [2.75, 3.05) is 13.7 Å². The number of methoxy groups -OCH3 is 1. The molecule has 0 fully saturated rings. The fraction of sp³-hybridized carbons (Fsp3) is 0.533. The lowest BCUT2D eigenvalue weighted by Gasteiger charge is -2.26. The van der Waals surface area contributed by atoms with Crippen molar-refractivity contribution in [1.29, 1.82) is 0 Å². The van der Waals surface area contributed by atoms with Gasteiger partial charge < -0.3 is 9.47 Å². The average molecular weight is 248 g/mol. The number of hydrogen-bond donors (Lipinski definition) is 0. The fourth-order valence-electron chi connectivity index (χ4n) is 2.74. The van der Waals surface area contributed by atoms with Crippen LogP contribution < -0.4 is 4.74 Å². The molecule has 1 atom stereocenters. The zero-order chi connectivity index (χ0) is 13.0. The summed E-state index contributed by atoms with van der Waals surface area (Å²) in [7, 11) is 1.70. The van der Waals surface area contributed by atoms with Gasteiger partial charge in [-0.1, -0.05) is 12.1 Å². The summed E-state index contributed by atoms with van der Waals surface area (Å²) in [6, 6.07) is 6.10. The molecule has 3 nitrogen and oxygen atoms in total. The van der Waals surface area contributed by atoms with E-state index in [1.54, 1.807) is 7.11 Å². The molecule has 1 aliphatic rings. The number of fused-ring (bicyclic) bond motifs is 1. The Morgan fingerprint density at radius 2 is 2.28 bits per heavy atom. The van der Waals surface area contributed by atoms with Crippen LogP contribution in [0.1, 0.15) is 43.2 Å². The molecule has 0 heterocycles. The maximum Gasteiger partial charge on any atom is 0.306 e. The van der Waals surface area contributed by atoms with E-state index in [2.05, 4.69) is 6.07 Å². The Morgan fingerprint density at radius 3 is 3.00 bits per heavy atom. The maximum atomic E-state index is 11.6. The molecule has 0 amide bonds. The second-order valence-corrected chi connectivity index (χ2v) is 4.63. The Labute approximate surface area is 108 Å². The van der Waals surface area contributed by atoms with Gasteiger partial charge in [-0.15, -0.1) is 0 Å². The number of hydrogen-bond acceptors (Lipinski definition) is 3. The normalized spacial score (nSPS) is 18.0. The van der Waals surface area contributed by atoms with E-state index in [1.807, 2.05) is 19.1 Å². The summed E-state index contributed by atoms with van der Waals surface area (Å²) in [5.74, 6) is 1.13. The lowest BCUT2D eigenvalue weighted by Crippen LogP contribution is -2.16. The highest BCUT2D eigenvalue weighted by Gasteiger charge is 2.25. The Hall–Kier alpha value is -1.51. The molecule has 0 saturated carbocycles. The summed E-state index contributed by atoms with van der Waals surface area (Å²) in [5, 5.41) is 0. The Bertz CT molecular complexity index is 426. The molecule has 1 aromatic rings. The monoisotopic (exact) mass is 248 g/mol. The van der Waals surface area contributed by atoms with E-state index >= 15 is 0 Å². The molecule has 1 aromatic carbocycles. The fourth-order valence-corrected chi connectivity index (χ4v) is 2.74. The van der Waals surface area contributed by atoms with Crippen LogP contribution in [0, 0.1) is 0 Å². The van der Waals surface area contributed by atoms with Gasteiger partial charge in [-0.3, -0.25) is 4.79 Å². The van der Waals surface area contributed by atoms with Crippen molar-refractivity contribution in [3.63, 3.8) is 0 Å². The summed E-state index contributed by atoms with van der Waals surface area (Å²) in [5.41, 5.74) is 2.52. The van der Waals surface area contributed by atoms with Crippen LogP contribution in [0.25, 0.3) is 0 Å². The zero-order valence-electron chi connectivity index (χ0n) is 11.1. The molecule has 0 radical (unpaired) electrons. The van der Waals surface area contributed by atoms with Crippen LogP contribution in [-0.4, -0.2) is 19.7 Å². The number of esters is 1. The SMILES string of the molecule is CCOC(=O)CC1CCCc2c(OC)cccc21. The molecule has 0 aliphatic heterocycles. The van der Waals surface area contributed by atoms with Gasteiger partial charge in [0.25, 0.3) is 0 Å². The number of carbonyl (C=O) groups excluding carboxylic acids is 1. The van der Waals surface area contributed by atoms with Gasteiger partial charge in [0, 0.05) is 0 Å². The molecule has 0 N–H and O–H groups in total. The smallest absolute Gasteiger partial charge is 0.306 e. The first-order valence-electron chi connectivity index (χ1n) is 6.57. The van der Waals surface area contributed by atoms with Gasteiger partial charge in [0.2, 0.25) is 0 Å². The highest BCUT2D eigenvalue weighted by molar-refractivity contribution is 5.71. The van der Waals surface area contributed by atoms with E-state index < -0.39 is 0 Å². The van der Waals surface area contributed by atoms with Gasteiger partial charge in [0.15, 0.2) is 0 Å². The highest BCUT2D eigenvalue weighted by atomic mass is 16.5. The topological polar surface area (TPSA) is 35.5 Å². The number of ether oxygens (including phenoxy) is 2. The lowest BCUT2D eigenvalue weighted by molar-refractivity contribution is -0.143. The Kier molecular flexibility index (Phi) is 4.24. The summed E-state index contributed by atoms with van der Waals surface area (Å²) >= 11 is 0. The van der Waals surface area contributed by atoms with Crippen molar-refractivity contribution >= 4 is 5.97 Å². The van der Waals surface area contributed by atoms with Gasteiger partial charge in [0.1, 0.15) is 5.75 Å². The molecule has 1 aliphatic carbocycles.